The first-order valence-corrected chi connectivity index (χ1v) is 4.77. The molecule has 0 aromatic heterocycles. The maximum Gasteiger partial charge on any atom is 0.100 e. The van der Waals surface area contributed by atoms with Gasteiger partial charge in [-0.2, -0.15) is 0 Å². The Hall–Kier alpha value is -0.160. The number of ether oxygens (including phenoxy) is 1. The van der Waals surface area contributed by atoms with E-state index in [0.29, 0.717) is 6.54 Å². The Bertz CT molecular complexity index is 118. The van der Waals surface area contributed by atoms with E-state index in [4.69, 9.17) is 20.7 Å². The van der Waals surface area contributed by atoms with Crippen molar-refractivity contribution in [1.29, 1.82) is 0 Å². The monoisotopic (exact) mass is 191 g/mol. The Morgan fingerprint density at radius 2 is 1.92 bits per heavy atom. The molecular formula is C9H21NO3. The van der Waals surface area contributed by atoms with Gasteiger partial charge in [0.1, 0.15) is 6.10 Å². The molecular weight excluding hydrogens is 170 g/mol. The van der Waals surface area contributed by atoms with Crippen LogP contribution in [0, 0.1) is 0 Å². The van der Waals surface area contributed by atoms with Crippen molar-refractivity contribution in [2.75, 3.05) is 19.8 Å². The van der Waals surface area contributed by atoms with Gasteiger partial charge in [-0.05, 0) is 12.8 Å². The molecule has 0 spiro atoms. The second kappa shape index (κ2) is 6.32. The van der Waals surface area contributed by atoms with Crippen LogP contribution in [0.5, 0.6) is 0 Å². The first kappa shape index (κ1) is 12.8. The summed E-state index contributed by atoms with van der Waals surface area (Å²) in [5.41, 5.74) is 5.25. The van der Waals surface area contributed by atoms with E-state index in [1.54, 1.807) is 0 Å². The van der Waals surface area contributed by atoms with E-state index in [1.165, 1.54) is 0 Å². The smallest absolute Gasteiger partial charge is 0.100 e. The van der Waals surface area contributed by atoms with Gasteiger partial charge in [-0.3, -0.25) is 0 Å². The number of aliphatic hydroxyl groups excluding tert-OH is 2. The normalized spacial score (nSPS) is 14.5. The van der Waals surface area contributed by atoms with E-state index < -0.39 is 6.10 Å². The van der Waals surface area contributed by atoms with Crippen molar-refractivity contribution in [2.45, 2.75) is 38.4 Å². The molecule has 0 fully saturated rings. The Balaban J connectivity index is 3.95. The van der Waals surface area contributed by atoms with Crippen molar-refractivity contribution < 1.29 is 14.9 Å². The summed E-state index contributed by atoms with van der Waals surface area (Å²) in [6, 6.07) is 0. The van der Waals surface area contributed by atoms with Crippen LogP contribution in [0.4, 0.5) is 0 Å². The van der Waals surface area contributed by atoms with Gasteiger partial charge in [0.2, 0.25) is 0 Å². The minimum Gasteiger partial charge on any atom is -0.394 e. The summed E-state index contributed by atoms with van der Waals surface area (Å²) < 4.78 is 5.49. The van der Waals surface area contributed by atoms with Gasteiger partial charge in [0.15, 0.2) is 0 Å². The van der Waals surface area contributed by atoms with Gasteiger partial charge in [0.25, 0.3) is 0 Å². The summed E-state index contributed by atoms with van der Waals surface area (Å²) >= 11 is 0. The predicted octanol–water partition coefficient (Wildman–Crippen LogP) is -0.126. The van der Waals surface area contributed by atoms with Gasteiger partial charge >= 0.3 is 0 Å². The third-order valence-corrected chi connectivity index (χ3v) is 2.45. The SMILES string of the molecule is CCC(CC)(CN)OCC(O)CO. The zero-order valence-electron chi connectivity index (χ0n) is 8.49. The van der Waals surface area contributed by atoms with Crippen LogP contribution in [0.3, 0.4) is 0 Å². The second-order valence-corrected chi connectivity index (χ2v) is 3.24. The molecule has 0 aromatic carbocycles. The van der Waals surface area contributed by atoms with Crippen molar-refractivity contribution in [3.8, 4) is 0 Å². The third-order valence-electron chi connectivity index (χ3n) is 2.45. The average molecular weight is 191 g/mol. The molecule has 80 valence electrons. The molecule has 4 nitrogen and oxygen atoms in total. The fourth-order valence-electron chi connectivity index (χ4n) is 1.13. The van der Waals surface area contributed by atoms with Gasteiger partial charge in [-0.15, -0.1) is 0 Å². The number of hydrogen-bond donors (Lipinski definition) is 3. The van der Waals surface area contributed by atoms with Gasteiger partial charge in [-0.1, -0.05) is 13.8 Å². The first-order valence-electron chi connectivity index (χ1n) is 4.77. The molecule has 4 N–H and O–H groups in total. The molecule has 0 aliphatic rings. The van der Waals surface area contributed by atoms with Gasteiger partial charge < -0.3 is 20.7 Å². The fourth-order valence-corrected chi connectivity index (χ4v) is 1.13. The van der Waals surface area contributed by atoms with Crippen molar-refractivity contribution in [2.24, 2.45) is 5.73 Å². The predicted molar refractivity (Wildman–Crippen MR) is 51.4 cm³/mol. The Labute approximate surface area is 79.7 Å². The molecule has 1 atom stereocenters. The van der Waals surface area contributed by atoms with Crippen molar-refractivity contribution >= 4 is 0 Å². The minimum atomic E-state index is -0.802. The standard InChI is InChI=1S/C9H21NO3/c1-3-9(4-2,7-10)13-6-8(12)5-11/h8,11-12H,3-7,10H2,1-2H3. The fraction of sp³-hybridized carbons (Fsp3) is 1.00. The summed E-state index contributed by atoms with van der Waals surface area (Å²) in [5, 5.41) is 17.7. The lowest BCUT2D eigenvalue weighted by Crippen LogP contribution is -2.41. The molecule has 0 amide bonds. The highest BCUT2D eigenvalue weighted by atomic mass is 16.5. The highest BCUT2D eigenvalue weighted by Crippen LogP contribution is 2.18. The first-order chi connectivity index (χ1) is 6.14. The maximum atomic E-state index is 9.09. The zero-order valence-corrected chi connectivity index (χ0v) is 8.49. The lowest BCUT2D eigenvalue weighted by atomic mass is 9.97. The summed E-state index contributed by atoms with van der Waals surface area (Å²) in [5.74, 6) is 0. The van der Waals surface area contributed by atoms with E-state index in [-0.39, 0.29) is 18.8 Å². The van der Waals surface area contributed by atoms with Gasteiger partial charge in [-0.25, -0.2) is 0 Å². The molecule has 4 heteroatoms. The quantitative estimate of drug-likeness (QED) is 0.524. The van der Waals surface area contributed by atoms with Crippen molar-refractivity contribution in [3.05, 3.63) is 0 Å². The van der Waals surface area contributed by atoms with E-state index in [1.807, 2.05) is 13.8 Å². The van der Waals surface area contributed by atoms with Crippen LogP contribution in [0.2, 0.25) is 0 Å². The summed E-state index contributed by atoms with van der Waals surface area (Å²) in [4.78, 5) is 0. The average Bonchev–Trinajstić information content (AvgIpc) is 2.20. The van der Waals surface area contributed by atoms with Crippen LogP contribution in [0.15, 0.2) is 0 Å². The molecule has 0 radical (unpaired) electrons. The van der Waals surface area contributed by atoms with Crippen LogP contribution in [0.25, 0.3) is 0 Å². The maximum absolute atomic E-state index is 9.09. The summed E-state index contributed by atoms with van der Waals surface area (Å²) in [7, 11) is 0. The molecule has 0 aliphatic heterocycles. The second-order valence-electron chi connectivity index (χ2n) is 3.24. The van der Waals surface area contributed by atoms with Crippen molar-refractivity contribution in [3.63, 3.8) is 0 Å². The molecule has 0 heterocycles. The van der Waals surface area contributed by atoms with E-state index in [0.717, 1.165) is 12.8 Å². The van der Waals surface area contributed by atoms with E-state index in [2.05, 4.69) is 0 Å². The molecule has 0 aliphatic carbocycles. The lowest BCUT2D eigenvalue weighted by Gasteiger charge is -2.31. The minimum absolute atomic E-state index is 0.148. The van der Waals surface area contributed by atoms with E-state index in [9.17, 15) is 0 Å². The Morgan fingerprint density at radius 3 is 2.23 bits per heavy atom. The zero-order chi connectivity index (χ0) is 10.3. The van der Waals surface area contributed by atoms with E-state index >= 15 is 0 Å². The molecule has 0 rings (SSSR count). The number of hydrogen-bond acceptors (Lipinski definition) is 4. The molecule has 0 bridgehead atoms. The van der Waals surface area contributed by atoms with Crippen LogP contribution in [-0.4, -0.2) is 41.7 Å². The number of aliphatic hydroxyl groups is 2. The summed E-state index contributed by atoms with van der Waals surface area (Å²) in [6.07, 6.45) is 0.833. The highest BCUT2D eigenvalue weighted by molar-refractivity contribution is 4.79. The Kier molecular flexibility index (Phi) is 6.24. The van der Waals surface area contributed by atoms with Crippen LogP contribution in [-0.2, 0) is 4.74 Å². The van der Waals surface area contributed by atoms with Crippen LogP contribution < -0.4 is 5.73 Å². The van der Waals surface area contributed by atoms with Crippen LogP contribution in [0.1, 0.15) is 26.7 Å². The molecule has 0 aromatic rings. The number of rotatable bonds is 7. The Morgan fingerprint density at radius 1 is 1.38 bits per heavy atom. The molecule has 0 saturated heterocycles. The largest absolute Gasteiger partial charge is 0.394 e. The lowest BCUT2D eigenvalue weighted by molar-refractivity contribution is -0.0878. The van der Waals surface area contributed by atoms with Gasteiger partial charge in [0, 0.05) is 6.54 Å². The van der Waals surface area contributed by atoms with Gasteiger partial charge in [0.05, 0.1) is 18.8 Å². The van der Waals surface area contributed by atoms with Crippen LogP contribution >= 0.6 is 0 Å². The number of nitrogens with two attached hydrogens (primary N) is 1. The third kappa shape index (κ3) is 4.04. The highest BCUT2D eigenvalue weighted by Gasteiger charge is 2.25. The topological polar surface area (TPSA) is 75.7 Å². The van der Waals surface area contributed by atoms with Crippen molar-refractivity contribution in [1.82, 2.24) is 0 Å². The molecule has 1 unspecified atom stereocenters. The molecule has 0 saturated carbocycles. The molecule has 13 heavy (non-hydrogen) atoms. The summed E-state index contributed by atoms with van der Waals surface area (Å²) in [6.45, 7) is 4.32.